The van der Waals surface area contributed by atoms with E-state index < -0.39 is 70.6 Å². The number of carbonyl (C=O) groups is 2. The number of cyclic esters (lactones) is 1. The van der Waals surface area contributed by atoms with Gasteiger partial charge in [0.25, 0.3) is 5.92 Å². The molecule has 1 heterocycles. The zero-order valence-electron chi connectivity index (χ0n) is 21.4. The van der Waals surface area contributed by atoms with Gasteiger partial charge in [-0.05, 0) is 74.7 Å². The van der Waals surface area contributed by atoms with E-state index >= 15 is 0 Å². The van der Waals surface area contributed by atoms with E-state index in [9.17, 15) is 38.1 Å². The number of fused-ring (bicyclic) bond motifs is 5. The Bertz CT molecular complexity index is 997. The van der Waals surface area contributed by atoms with Gasteiger partial charge < -0.3 is 24.8 Å². The number of halogens is 3. The summed E-state index contributed by atoms with van der Waals surface area (Å²) in [4.78, 5) is 25.5. The Morgan fingerprint density at radius 1 is 1.16 bits per heavy atom. The second-order valence-electron chi connectivity index (χ2n) is 12.5. The molecule has 10 heteroatoms. The summed E-state index contributed by atoms with van der Waals surface area (Å²) in [6.07, 6.45) is 0.768. The molecular formula is C27H37F3O7. The number of hydrogen-bond acceptors (Lipinski definition) is 7. The minimum Gasteiger partial charge on any atom is -0.462 e. The summed E-state index contributed by atoms with van der Waals surface area (Å²) in [6, 6.07) is 0. The summed E-state index contributed by atoms with van der Waals surface area (Å²) >= 11 is 0. The van der Waals surface area contributed by atoms with E-state index in [1.807, 2.05) is 6.92 Å². The monoisotopic (exact) mass is 530 g/mol. The molecule has 0 aromatic rings. The van der Waals surface area contributed by atoms with Crippen molar-refractivity contribution in [2.24, 2.45) is 28.6 Å². The third kappa shape index (κ3) is 3.79. The first-order chi connectivity index (χ1) is 17.2. The topological polar surface area (TPSA) is 113 Å². The zero-order valence-corrected chi connectivity index (χ0v) is 21.4. The predicted molar refractivity (Wildman–Crippen MR) is 124 cm³/mol. The third-order valence-corrected chi connectivity index (χ3v) is 10.8. The number of hydrogen-bond donors (Lipinski definition) is 3. The Kier molecular flexibility index (Phi) is 6.32. The molecule has 0 radical (unpaired) electrons. The molecule has 0 spiro atoms. The Morgan fingerprint density at radius 3 is 2.51 bits per heavy atom. The van der Waals surface area contributed by atoms with Crippen LogP contribution in [0.1, 0.15) is 71.6 Å². The van der Waals surface area contributed by atoms with Crippen molar-refractivity contribution >= 4 is 11.9 Å². The van der Waals surface area contributed by atoms with Crippen molar-refractivity contribution in [3.05, 3.63) is 11.6 Å². The van der Waals surface area contributed by atoms with Crippen molar-refractivity contribution in [1.29, 1.82) is 0 Å². The van der Waals surface area contributed by atoms with E-state index in [1.54, 1.807) is 0 Å². The molecule has 37 heavy (non-hydrogen) atoms. The summed E-state index contributed by atoms with van der Waals surface area (Å²) in [7, 11) is 0. The smallest absolute Gasteiger partial charge is 0.331 e. The van der Waals surface area contributed by atoms with Gasteiger partial charge in [0, 0.05) is 24.8 Å². The van der Waals surface area contributed by atoms with Gasteiger partial charge in [-0.3, -0.25) is 4.79 Å². The Morgan fingerprint density at radius 2 is 1.86 bits per heavy atom. The number of alkyl halides is 3. The Labute approximate surface area is 214 Å². The molecule has 0 bridgehead atoms. The van der Waals surface area contributed by atoms with Crippen LogP contribution in [0.25, 0.3) is 0 Å². The van der Waals surface area contributed by atoms with Gasteiger partial charge in [-0.2, -0.15) is 0 Å². The molecule has 4 aliphatic carbocycles. The van der Waals surface area contributed by atoms with Gasteiger partial charge in [-0.1, -0.05) is 6.92 Å². The first-order valence-electron chi connectivity index (χ1n) is 13.4. The fraction of sp³-hybridized carbons (Fsp3) is 0.852. The second-order valence-corrected chi connectivity index (χ2v) is 12.5. The number of aliphatic hydroxyl groups excluding tert-OH is 1. The Balaban J connectivity index is 1.49. The van der Waals surface area contributed by atoms with Crippen LogP contribution in [-0.4, -0.2) is 69.9 Å². The van der Waals surface area contributed by atoms with Crippen molar-refractivity contribution in [2.75, 3.05) is 13.2 Å². The van der Waals surface area contributed by atoms with Gasteiger partial charge >= 0.3 is 11.9 Å². The number of rotatable bonds is 5. The molecular weight excluding hydrogens is 493 g/mol. The molecule has 4 fully saturated rings. The van der Waals surface area contributed by atoms with Crippen molar-refractivity contribution in [3.8, 4) is 0 Å². The fourth-order valence-corrected chi connectivity index (χ4v) is 8.89. The molecule has 208 valence electrons. The molecule has 5 rings (SSSR count). The molecule has 9 atom stereocenters. The number of ether oxygens (including phenoxy) is 2. The molecule has 1 aliphatic heterocycles. The molecule has 0 aromatic carbocycles. The number of aliphatic hydroxyl groups is 3. The van der Waals surface area contributed by atoms with E-state index in [0.29, 0.717) is 39.0 Å². The van der Waals surface area contributed by atoms with E-state index in [2.05, 4.69) is 0 Å². The quantitative estimate of drug-likeness (QED) is 0.468. The normalized spacial score (nSPS) is 46.3. The molecule has 0 amide bonds. The standard InChI is InChI=1S/C27H37F3O7/c1-23-7-4-18-19(27(23,35)10-6-17(23)15-11-21(32)36-13-15)5-8-25(34)12-16(31)3-9-26(18,25)22(33)37-14-20(28)24(2,29)30/h11,16-20,31,34-35H,3-10,12-14H2,1-2H3/t16-,17-,18+,19-,20?,23-,25+,26-,27-/m1/s1. The highest BCUT2D eigenvalue weighted by atomic mass is 19.3. The number of esters is 2. The highest BCUT2D eigenvalue weighted by molar-refractivity contribution is 5.85. The minimum atomic E-state index is -3.69. The lowest BCUT2D eigenvalue weighted by molar-refractivity contribution is -0.263. The first kappa shape index (κ1) is 26.9. The lowest BCUT2D eigenvalue weighted by atomic mass is 9.41. The molecule has 0 aromatic heterocycles. The van der Waals surface area contributed by atoms with Gasteiger partial charge in [-0.15, -0.1) is 0 Å². The van der Waals surface area contributed by atoms with Crippen LogP contribution in [0.2, 0.25) is 0 Å². The molecule has 3 N–H and O–H groups in total. The SMILES string of the molecule is CC(F)(F)C(F)COC(=O)[C@]12CC[C@@H](O)C[C@@]1(O)CC[C@@H]1[C@@H]2CC[C@]2(C)[C@@H](C3=CC(=O)OC3)CC[C@@]12O. The summed E-state index contributed by atoms with van der Waals surface area (Å²) in [5.41, 5.74) is -4.12. The lowest BCUT2D eigenvalue weighted by Gasteiger charge is -2.65. The highest BCUT2D eigenvalue weighted by Gasteiger charge is 2.73. The van der Waals surface area contributed by atoms with Crippen LogP contribution in [-0.2, 0) is 19.1 Å². The second kappa shape index (κ2) is 8.68. The summed E-state index contributed by atoms with van der Waals surface area (Å²) in [5, 5.41) is 34.5. The summed E-state index contributed by atoms with van der Waals surface area (Å²) in [5.74, 6) is -6.00. The van der Waals surface area contributed by atoms with Crippen molar-refractivity contribution in [1.82, 2.24) is 0 Å². The van der Waals surface area contributed by atoms with Gasteiger partial charge in [-0.25, -0.2) is 18.0 Å². The van der Waals surface area contributed by atoms with E-state index in [-0.39, 0.29) is 38.2 Å². The maximum Gasteiger partial charge on any atom is 0.331 e. The van der Waals surface area contributed by atoms with Crippen molar-refractivity contribution in [2.45, 2.75) is 101 Å². The van der Waals surface area contributed by atoms with Crippen LogP contribution in [0.3, 0.4) is 0 Å². The molecule has 1 unspecified atom stereocenters. The summed E-state index contributed by atoms with van der Waals surface area (Å²) < 4.78 is 51.3. The fourth-order valence-electron chi connectivity index (χ4n) is 8.89. The van der Waals surface area contributed by atoms with E-state index in [4.69, 9.17) is 9.47 Å². The first-order valence-corrected chi connectivity index (χ1v) is 13.4. The van der Waals surface area contributed by atoms with Crippen LogP contribution in [0, 0.1) is 28.6 Å². The van der Waals surface area contributed by atoms with E-state index in [0.717, 1.165) is 5.57 Å². The Hall–Kier alpha value is -1.65. The van der Waals surface area contributed by atoms with Gasteiger partial charge in [0.15, 0.2) is 6.17 Å². The third-order valence-electron chi connectivity index (χ3n) is 10.8. The van der Waals surface area contributed by atoms with Crippen molar-refractivity contribution in [3.63, 3.8) is 0 Å². The van der Waals surface area contributed by atoms with Crippen LogP contribution >= 0.6 is 0 Å². The molecule has 4 saturated carbocycles. The minimum absolute atomic E-state index is 0.0633. The maximum atomic E-state index is 14.0. The lowest BCUT2D eigenvalue weighted by Crippen LogP contribution is -2.70. The predicted octanol–water partition coefficient (Wildman–Crippen LogP) is 3.24. The average molecular weight is 531 g/mol. The van der Waals surface area contributed by atoms with E-state index in [1.165, 1.54) is 6.08 Å². The largest absolute Gasteiger partial charge is 0.462 e. The van der Waals surface area contributed by atoms with Crippen LogP contribution in [0.5, 0.6) is 0 Å². The summed E-state index contributed by atoms with van der Waals surface area (Å²) in [6.45, 7) is 1.49. The highest BCUT2D eigenvalue weighted by Crippen LogP contribution is 2.71. The van der Waals surface area contributed by atoms with Gasteiger partial charge in [0.05, 0.1) is 22.7 Å². The number of carbonyl (C=O) groups excluding carboxylic acids is 2. The maximum absolute atomic E-state index is 14.0. The molecule has 7 nitrogen and oxygen atoms in total. The van der Waals surface area contributed by atoms with Crippen LogP contribution in [0.4, 0.5) is 13.2 Å². The zero-order chi connectivity index (χ0) is 27.0. The molecule has 5 aliphatic rings. The van der Waals surface area contributed by atoms with Crippen LogP contribution in [0.15, 0.2) is 11.6 Å². The van der Waals surface area contributed by atoms with Gasteiger partial charge in [0.1, 0.15) is 13.2 Å². The molecule has 0 saturated heterocycles. The average Bonchev–Trinajstić information content (AvgIpc) is 3.35. The van der Waals surface area contributed by atoms with Crippen LogP contribution < -0.4 is 0 Å². The van der Waals surface area contributed by atoms with Crippen molar-refractivity contribution < 1.29 is 47.6 Å². The van der Waals surface area contributed by atoms with Gasteiger partial charge in [0.2, 0.25) is 0 Å².